The van der Waals surface area contributed by atoms with E-state index < -0.39 is 19.0 Å². The Bertz CT molecular complexity index is 968. The van der Waals surface area contributed by atoms with Crippen molar-refractivity contribution in [3.8, 4) is 5.75 Å². The van der Waals surface area contributed by atoms with Crippen LogP contribution in [0.4, 0.5) is 8.78 Å². The number of halogens is 2. The predicted molar refractivity (Wildman–Crippen MR) is 94.1 cm³/mol. The maximum atomic E-state index is 12.5. The first-order chi connectivity index (χ1) is 12.8. The summed E-state index contributed by atoms with van der Waals surface area (Å²) in [6.45, 7) is 0.358. The van der Waals surface area contributed by atoms with Gasteiger partial charge in [0, 0.05) is 18.0 Å². The minimum Gasteiger partial charge on any atom is -0.550 e. The van der Waals surface area contributed by atoms with Gasteiger partial charge in [-0.3, -0.25) is 0 Å². The van der Waals surface area contributed by atoms with E-state index in [0.717, 1.165) is 0 Å². The number of carbonyl (C=O) groups excluding carboxylic acids is 1. The van der Waals surface area contributed by atoms with Gasteiger partial charge in [0.1, 0.15) is 11.3 Å². The van der Waals surface area contributed by atoms with Crippen molar-refractivity contribution in [2.75, 3.05) is 0 Å². The zero-order chi connectivity index (χ0) is 19.6. The second kappa shape index (κ2) is 7.57. The van der Waals surface area contributed by atoms with E-state index in [4.69, 9.17) is 4.42 Å². The second-order valence-electron chi connectivity index (χ2n) is 6.07. The monoisotopic (exact) mass is 372 g/mol. The molecule has 0 amide bonds. The number of fused-ring (bicyclic) bond motifs is 1. The lowest BCUT2D eigenvalue weighted by molar-refractivity contribution is -0.304. The highest BCUT2D eigenvalue weighted by molar-refractivity contribution is 5.90. The number of carbonyl (C=O) groups is 1. The van der Waals surface area contributed by atoms with E-state index >= 15 is 0 Å². The molecule has 0 fully saturated rings. The molecule has 0 radical (unpaired) electrons. The van der Waals surface area contributed by atoms with Crippen LogP contribution in [0.1, 0.15) is 29.0 Å². The zero-order valence-corrected chi connectivity index (χ0v) is 14.7. The standard InChI is InChI=1S/C20H17F2NO4/c1-11-7-13(8-12(2)18(11)27-20(21)22)9-14(10-17(24)25)19-23-15-5-3-4-6-16(15)26-19/h3-9,20H,10H2,1-2H3,(H,24,25)/p-1/b14-9+. The van der Waals surface area contributed by atoms with E-state index in [1.807, 2.05) is 0 Å². The van der Waals surface area contributed by atoms with E-state index in [-0.39, 0.29) is 11.6 Å². The molecule has 0 aliphatic carbocycles. The third kappa shape index (κ3) is 4.31. The van der Waals surface area contributed by atoms with E-state index in [1.165, 1.54) is 0 Å². The molecule has 2 aromatic carbocycles. The van der Waals surface area contributed by atoms with Crippen LogP contribution in [0.3, 0.4) is 0 Å². The largest absolute Gasteiger partial charge is 0.550 e. The second-order valence-corrected chi connectivity index (χ2v) is 6.07. The number of carboxylic acid groups (broad SMARTS) is 1. The molecule has 1 aromatic heterocycles. The summed E-state index contributed by atoms with van der Waals surface area (Å²) in [6, 6.07) is 10.3. The van der Waals surface area contributed by atoms with Crippen molar-refractivity contribution in [1.82, 2.24) is 4.98 Å². The number of nitrogens with zero attached hydrogens (tertiary/aromatic N) is 1. The molecule has 0 aliphatic heterocycles. The van der Waals surface area contributed by atoms with Gasteiger partial charge in [0.15, 0.2) is 5.58 Å². The van der Waals surface area contributed by atoms with Crippen molar-refractivity contribution < 1.29 is 27.8 Å². The number of rotatable bonds is 6. The molecule has 1 heterocycles. The Morgan fingerprint density at radius 2 is 1.93 bits per heavy atom. The summed E-state index contributed by atoms with van der Waals surface area (Å²) in [6.07, 6.45) is 1.19. The summed E-state index contributed by atoms with van der Waals surface area (Å²) in [5.41, 5.74) is 3.08. The lowest BCUT2D eigenvalue weighted by atomic mass is 10.0. The average Bonchev–Trinajstić information content (AvgIpc) is 3.01. The fraction of sp³-hybridized carbons (Fsp3) is 0.200. The summed E-state index contributed by atoms with van der Waals surface area (Å²) in [5.74, 6) is -1.01. The summed E-state index contributed by atoms with van der Waals surface area (Å²) >= 11 is 0. The Morgan fingerprint density at radius 1 is 1.26 bits per heavy atom. The van der Waals surface area contributed by atoms with Gasteiger partial charge in [-0.25, -0.2) is 4.98 Å². The van der Waals surface area contributed by atoms with Gasteiger partial charge in [-0.05, 0) is 60.9 Å². The molecular formula is C20H16F2NO4-. The number of aryl methyl sites for hydroxylation is 2. The van der Waals surface area contributed by atoms with E-state index in [1.54, 1.807) is 56.3 Å². The van der Waals surface area contributed by atoms with Crippen molar-refractivity contribution in [1.29, 1.82) is 0 Å². The van der Waals surface area contributed by atoms with E-state index in [0.29, 0.717) is 33.4 Å². The van der Waals surface area contributed by atoms with Crippen LogP contribution in [-0.4, -0.2) is 17.6 Å². The van der Waals surface area contributed by atoms with Gasteiger partial charge < -0.3 is 19.1 Å². The highest BCUT2D eigenvalue weighted by atomic mass is 19.3. The molecule has 27 heavy (non-hydrogen) atoms. The Hall–Kier alpha value is -3.22. The molecule has 0 atom stereocenters. The lowest BCUT2D eigenvalue weighted by Gasteiger charge is -2.13. The average molecular weight is 372 g/mol. The van der Waals surface area contributed by atoms with Crippen LogP contribution in [0.25, 0.3) is 22.7 Å². The first-order valence-corrected chi connectivity index (χ1v) is 8.16. The normalized spacial score (nSPS) is 12.0. The number of hydrogen-bond donors (Lipinski definition) is 0. The summed E-state index contributed by atoms with van der Waals surface area (Å²) in [5, 5.41) is 11.2. The van der Waals surface area contributed by atoms with Crippen LogP contribution in [0, 0.1) is 13.8 Å². The molecule has 0 aliphatic rings. The number of aliphatic carboxylic acids is 1. The van der Waals surface area contributed by atoms with Crippen molar-refractivity contribution in [2.24, 2.45) is 0 Å². The van der Waals surface area contributed by atoms with Gasteiger partial charge in [-0.1, -0.05) is 12.1 Å². The van der Waals surface area contributed by atoms with Crippen LogP contribution in [0.15, 0.2) is 40.8 Å². The van der Waals surface area contributed by atoms with Gasteiger partial charge in [0.2, 0.25) is 5.89 Å². The maximum Gasteiger partial charge on any atom is 0.387 e. The molecule has 0 spiro atoms. The molecule has 0 bridgehead atoms. The summed E-state index contributed by atoms with van der Waals surface area (Å²) in [4.78, 5) is 15.5. The highest BCUT2D eigenvalue weighted by Crippen LogP contribution is 2.30. The van der Waals surface area contributed by atoms with Gasteiger partial charge in [0.25, 0.3) is 0 Å². The third-order valence-electron chi connectivity index (χ3n) is 3.93. The predicted octanol–water partition coefficient (Wildman–Crippen LogP) is 3.73. The molecule has 140 valence electrons. The SMILES string of the molecule is Cc1cc(/C=C(\CC(=O)[O-])c2nc3ccccc3o2)cc(C)c1OC(F)F. The number of alkyl halides is 2. The number of hydrogen-bond acceptors (Lipinski definition) is 5. The molecular weight excluding hydrogens is 356 g/mol. The van der Waals surface area contributed by atoms with Crippen molar-refractivity contribution >= 4 is 28.7 Å². The summed E-state index contributed by atoms with van der Waals surface area (Å²) in [7, 11) is 0. The van der Waals surface area contributed by atoms with Crippen molar-refractivity contribution in [3.05, 3.63) is 59.0 Å². The van der Waals surface area contributed by atoms with Crippen molar-refractivity contribution in [3.63, 3.8) is 0 Å². The van der Waals surface area contributed by atoms with Crippen LogP contribution in [-0.2, 0) is 4.79 Å². The number of aromatic nitrogens is 1. The lowest BCUT2D eigenvalue weighted by Crippen LogP contribution is -2.22. The van der Waals surface area contributed by atoms with Crippen LogP contribution in [0.5, 0.6) is 5.75 Å². The Balaban J connectivity index is 2.04. The van der Waals surface area contributed by atoms with E-state index in [9.17, 15) is 18.7 Å². The van der Waals surface area contributed by atoms with Crippen LogP contribution in [0.2, 0.25) is 0 Å². The number of para-hydroxylation sites is 2. The number of carboxylic acids is 1. The van der Waals surface area contributed by atoms with Gasteiger partial charge >= 0.3 is 6.61 Å². The first kappa shape index (κ1) is 18.6. The topological polar surface area (TPSA) is 75.4 Å². The van der Waals surface area contributed by atoms with Crippen LogP contribution < -0.4 is 9.84 Å². The molecule has 0 saturated carbocycles. The molecule has 3 rings (SSSR count). The summed E-state index contributed by atoms with van der Waals surface area (Å²) < 4.78 is 35.2. The Morgan fingerprint density at radius 3 is 2.52 bits per heavy atom. The van der Waals surface area contributed by atoms with Gasteiger partial charge in [-0.15, -0.1) is 0 Å². The quantitative estimate of drug-likeness (QED) is 0.659. The molecule has 3 aromatic rings. The number of benzene rings is 2. The smallest absolute Gasteiger partial charge is 0.387 e. The first-order valence-electron chi connectivity index (χ1n) is 8.16. The zero-order valence-electron chi connectivity index (χ0n) is 14.7. The molecule has 5 nitrogen and oxygen atoms in total. The maximum absolute atomic E-state index is 12.5. The Kier molecular flexibility index (Phi) is 5.21. The van der Waals surface area contributed by atoms with E-state index in [2.05, 4.69) is 9.72 Å². The highest BCUT2D eigenvalue weighted by Gasteiger charge is 2.14. The van der Waals surface area contributed by atoms with Gasteiger partial charge in [0.05, 0.1) is 0 Å². The minimum atomic E-state index is -2.92. The Labute approximate surface area is 153 Å². The molecule has 0 unspecified atom stereocenters. The fourth-order valence-corrected chi connectivity index (χ4v) is 2.90. The third-order valence-corrected chi connectivity index (χ3v) is 3.93. The van der Waals surface area contributed by atoms with Crippen LogP contribution >= 0.6 is 0 Å². The van der Waals surface area contributed by atoms with Crippen molar-refractivity contribution in [2.45, 2.75) is 26.9 Å². The number of ether oxygens (including phenoxy) is 1. The molecule has 0 N–H and O–H groups in total. The fourth-order valence-electron chi connectivity index (χ4n) is 2.90. The number of oxazole rings is 1. The molecule has 7 heteroatoms. The van der Waals surface area contributed by atoms with Gasteiger partial charge in [-0.2, -0.15) is 8.78 Å². The molecule has 0 saturated heterocycles. The minimum absolute atomic E-state index is 0.102.